The number of likely N-dealkylation sites (tertiary alicyclic amines) is 1. The van der Waals surface area contributed by atoms with E-state index >= 15 is 0 Å². The molecule has 1 atom stereocenters. The van der Waals surface area contributed by atoms with Crippen molar-refractivity contribution in [1.29, 1.82) is 0 Å². The lowest BCUT2D eigenvalue weighted by molar-refractivity contribution is 0.184. The predicted octanol–water partition coefficient (Wildman–Crippen LogP) is 4.18. The van der Waals surface area contributed by atoms with E-state index in [2.05, 4.69) is 47.5 Å². The van der Waals surface area contributed by atoms with Crippen molar-refractivity contribution in [3.8, 4) is 0 Å². The predicted molar refractivity (Wildman–Crippen MR) is 91.0 cm³/mol. The van der Waals surface area contributed by atoms with Crippen molar-refractivity contribution in [2.24, 2.45) is 0 Å². The van der Waals surface area contributed by atoms with Gasteiger partial charge in [0.15, 0.2) is 0 Å². The van der Waals surface area contributed by atoms with Gasteiger partial charge in [0.1, 0.15) is 0 Å². The van der Waals surface area contributed by atoms with Crippen molar-refractivity contribution < 1.29 is 0 Å². The molecule has 2 nitrogen and oxygen atoms in total. The Balaban J connectivity index is 1.37. The smallest absolute Gasteiger partial charge is 0.0388 e. The Morgan fingerprint density at radius 3 is 2.62 bits per heavy atom. The third-order valence-corrected chi connectivity index (χ3v) is 6.25. The summed E-state index contributed by atoms with van der Waals surface area (Å²) < 4.78 is 1.41. The normalized spacial score (nSPS) is 22.7. The number of nitrogens with one attached hydrogen (secondary N) is 1. The average molecular weight is 300 g/mol. The summed E-state index contributed by atoms with van der Waals surface area (Å²) in [5.41, 5.74) is 0. The fraction of sp³-hybridized carbons (Fsp3) is 0.556. The van der Waals surface area contributed by atoms with Crippen LogP contribution in [-0.4, -0.2) is 30.1 Å². The lowest BCUT2D eigenvalue weighted by Crippen LogP contribution is -2.43. The van der Waals surface area contributed by atoms with Crippen LogP contribution in [-0.2, 0) is 0 Å². The summed E-state index contributed by atoms with van der Waals surface area (Å²) in [6, 6.07) is 13.2. The molecular formula is C18H24N2S. The van der Waals surface area contributed by atoms with E-state index in [9.17, 15) is 0 Å². The molecule has 3 heteroatoms. The number of hydrogen-bond donors (Lipinski definition) is 1. The van der Waals surface area contributed by atoms with Gasteiger partial charge in [0.25, 0.3) is 0 Å². The molecule has 1 saturated heterocycles. The highest BCUT2D eigenvalue weighted by molar-refractivity contribution is 7.19. The van der Waals surface area contributed by atoms with Crippen molar-refractivity contribution in [1.82, 2.24) is 10.2 Å². The van der Waals surface area contributed by atoms with Crippen LogP contribution in [0, 0.1) is 0 Å². The molecule has 2 aromatic rings. The second kappa shape index (κ2) is 5.71. The molecule has 1 aliphatic carbocycles. The highest BCUT2D eigenvalue weighted by Crippen LogP contribution is 2.32. The standard InChI is InChI=1S/C18H24N2S/c1-13(18-12-14-4-2-3-5-17(14)21-18)19-15-8-10-20(11-9-15)16-6-7-16/h2-5,12-13,15-16,19H,6-11H2,1H3. The second-order valence-corrected chi connectivity index (χ2v) is 7.73. The molecule has 2 aliphatic rings. The summed E-state index contributed by atoms with van der Waals surface area (Å²) in [7, 11) is 0. The van der Waals surface area contributed by atoms with Gasteiger partial charge >= 0.3 is 0 Å². The van der Waals surface area contributed by atoms with Gasteiger partial charge in [-0.25, -0.2) is 0 Å². The van der Waals surface area contributed by atoms with Gasteiger partial charge in [-0.15, -0.1) is 11.3 Å². The van der Waals surface area contributed by atoms with E-state index in [1.165, 1.54) is 53.7 Å². The Morgan fingerprint density at radius 1 is 1.14 bits per heavy atom. The van der Waals surface area contributed by atoms with E-state index in [0.29, 0.717) is 12.1 Å². The van der Waals surface area contributed by atoms with Crippen LogP contribution < -0.4 is 5.32 Å². The Kier molecular flexibility index (Phi) is 3.74. The number of fused-ring (bicyclic) bond motifs is 1. The van der Waals surface area contributed by atoms with E-state index in [-0.39, 0.29) is 0 Å². The zero-order chi connectivity index (χ0) is 14.2. The van der Waals surface area contributed by atoms with Gasteiger partial charge in [-0.05, 0) is 63.2 Å². The molecule has 1 aromatic carbocycles. The van der Waals surface area contributed by atoms with Gasteiger partial charge in [0.2, 0.25) is 0 Å². The number of hydrogen-bond acceptors (Lipinski definition) is 3. The summed E-state index contributed by atoms with van der Waals surface area (Å²) in [5, 5.41) is 5.24. The van der Waals surface area contributed by atoms with Gasteiger partial charge in [0.05, 0.1) is 0 Å². The van der Waals surface area contributed by atoms with Crippen molar-refractivity contribution in [2.75, 3.05) is 13.1 Å². The topological polar surface area (TPSA) is 15.3 Å². The fourth-order valence-corrected chi connectivity index (χ4v) is 4.60. The number of rotatable bonds is 4. The van der Waals surface area contributed by atoms with E-state index in [1.807, 2.05) is 11.3 Å². The largest absolute Gasteiger partial charge is 0.307 e. The van der Waals surface area contributed by atoms with Crippen LogP contribution in [0.15, 0.2) is 30.3 Å². The molecule has 1 N–H and O–H groups in total. The van der Waals surface area contributed by atoms with Crippen LogP contribution in [0.2, 0.25) is 0 Å². The van der Waals surface area contributed by atoms with E-state index < -0.39 is 0 Å². The number of benzene rings is 1. The summed E-state index contributed by atoms with van der Waals surface area (Å²) >= 11 is 1.94. The van der Waals surface area contributed by atoms with Gasteiger partial charge in [0, 0.05) is 27.7 Å². The van der Waals surface area contributed by atoms with Crippen LogP contribution in [0.4, 0.5) is 0 Å². The number of thiophene rings is 1. The molecule has 1 unspecified atom stereocenters. The molecule has 112 valence electrons. The SMILES string of the molecule is CC(NC1CCN(C2CC2)CC1)c1cc2ccccc2s1. The summed E-state index contributed by atoms with van der Waals surface area (Å²) in [6.07, 6.45) is 5.50. The van der Waals surface area contributed by atoms with Crippen molar-refractivity contribution in [3.05, 3.63) is 35.2 Å². The molecule has 4 rings (SSSR count). The van der Waals surface area contributed by atoms with Crippen molar-refractivity contribution in [3.63, 3.8) is 0 Å². The molecule has 1 saturated carbocycles. The first-order valence-electron chi connectivity index (χ1n) is 8.28. The maximum absolute atomic E-state index is 3.86. The van der Waals surface area contributed by atoms with Crippen molar-refractivity contribution >= 4 is 21.4 Å². The van der Waals surface area contributed by atoms with Gasteiger partial charge < -0.3 is 10.2 Å². The molecule has 0 spiro atoms. The van der Waals surface area contributed by atoms with Crippen LogP contribution in [0.25, 0.3) is 10.1 Å². The number of nitrogens with zero attached hydrogens (tertiary/aromatic N) is 1. The molecule has 0 bridgehead atoms. The molecule has 0 radical (unpaired) electrons. The summed E-state index contributed by atoms with van der Waals surface area (Å²) in [6.45, 7) is 4.90. The minimum absolute atomic E-state index is 0.472. The average Bonchev–Trinajstić information content (AvgIpc) is 3.26. The molecule has 0 amide bonds. The van der Waals surface area contributed by atoms with Gasteiger partial charge in [-0.2, -0.15) is 0 Å². The highest BCUT2D eigenvalue weighted by Gasteiger charge is 2.32. The van der Waals surface area contributed by atoms with E-state index in [0.717, 1.165) is 6.04 Å². The van der Waals surface area contributed by atoms with E-state index in [4.69, 9.17) is 0 Å². The minimum Gasteiger partial charge on any atom is -0.307 e. The maximum Gasteiger partial charge on any atom is 0.0388 e. The molecule has 2 fully saturated rings. The molecule has 21 heavy (non-hydrogen) atoms. The quantitative estimate of drug-likeness (QED) is 0.911. The lowest BCUT2D eigenvalue weighted by atomic mass is 10.0. The van der Waals surface area contributed by atoms with Gasteiger partial charge in [-0.1, -0.05) is 18.2 Å². The molecule has 2 heterocycles. The van der Waals surface area contributed by atoms with Gasteiger partial charge in [-0.3, -0.25) is 0 Å². The second-order valence-electron chi connectivity index (χ2n) is 6.62. The van der Waals surface area contributed by atoms with E-state index in [1.54, 1.807) is 0 Å². The first-order valence-corrected chi connectivity index (χ1v) is 9.10. The number of piperidine rings is 1. The van der Waals surface area contributed by atoms with Crippen LogP contribution >= 0.6 is 11.3 Å². The molecule has 1 aliphatic heterocycles. The first kappa shape index (κ1) is 13.7. The first-order chi connectivity index (χ1) is 10.3. The third kappa shape index (κ3) is 3.01. The highest BCUT2D eigenvalue weighted by atomic mass is 32.1. The minimum atomic E-state index is 0.472. The monoisotopic (exact) mass is 300 g/mol. The fourth-order valence-electron chi connectivity index (χ4n) is 3.52. The zero-order valence-corrected chi connectivity index (χ0v) is 13.5. The Bertz CT molecular complexity index is 575. The Morgan fingerprint density at radius 2 is 1.90 bits per heavy atom. The van der Waals surface area contributed by atoms with Crippen molar-refractivity contribution in [2.45, 2.75) is 50.7 Å². The Hall–Kier alpha value is -0.900. The van der Waals surface area contributed by atoms with Crippen LogP contribution in [0.5, 0.6) is 0 Å². The third-order valence-electron chi connectivity index (χ3n) is 4.95. The molecule has 1 aromatic heterocycles. The Labute approximate surface area is 131 Å². The molecular weight excluding hydrogens is 276 g/mol. The summed E-state index contributed by atoms with van der Waals surface area (Å²) in [4.78, 5) is 4.17. The maximum atomic E-state index is 3.86. The van der Waals surface area contributed by atoms with Crippen LogP contribution in [0.3, 0.4) is 0 Å². The lowest BCUT2D eigenvalue weighted by Gasteiger charge is -2.33. The zero-order valence-electron chi connectivity index (χ0n) is 12.7. The summed E-state index contributed by atoms with van der Waals surface area (Å²) in [5.74, 6) is 0. The van der Waals surface area contributed by atoms with Crippen LogP contribution in [0.1, 0.15) is 43.5 Å².